The van der Waals surface area contributed by atoms with Gasteiger partial charge in [-0.05, 0) is 24.3 Å². The van der Waals surface area contributed by atoms with Crippen LogP contribution in [0.25, 0.3) is 0 Å². The van der Waals surface area contributed by atoms with E-state index in [-0.39, 0.29) is 0 Å². The molecule has 1 aromatic rings. The average Bonchev–Trinajstić information content (AvgIpc) is 2.19. The number of hydrogen-bond acceptors (Lipinski definition) is 3. The van der Waals surface area contributed by atoms with Crippen molar-refractivity contribution in [1.82, 2.24) is 0 Å². The molecule has 0 spiro atoms. The molecular weight excluding hydrogens is 180 g/mol. The van der Waals surface area contributed by atoms with E-state index in [0.29, 0.717) is 17.4 Å². The highest BCUT2D eigenvalue weighted by atomic mass is 32.2. The maximum atomic E-state index is 8.58. The van der Waals surface area contributed by atoms with Crippen LogP contribution < -0.4 is 5.73 Å². The third-order valence-electron chi connectivity index (χ3n) is 1.65. The van der Waals surface area contributed by atoms with Crippen LogP contribution in [0.15, 0.2) is 29.2 Å². The molecule has 0 aliphatic carbocycles. The largest absolute Gasteiger partial charge is 0.329 e. The summed E-state index contributed by atoms with van der Waals surface area (Å²) in [7, 11) is 0. The molecule has 3 heteroatoms. The van der Waals surface area contributed by atoms with Crippen LogP contribution in [0.1, 0.15) is 12.5 Å². The molecular formula is C10H12N2S. The summed E-state index contributed by atoms with van der Waals surface area (Å²) in [5.74, 6) is 0. The van der Waals surface area contributed by atoms with Gasteiger partial charge in [-0.15, -0.1) is 11.8 Å². The second kappa shape index (κ2) is 4.90. The smallest absolute Gasteiger partial charge is 0.0991 e. The fraction of sp³-hybridized carbons (Fsp3) is 0.300. The quantitative estimate of drug-likeness (QED) is 0.745. The Morgan fingerprint density at radius 1 is 1.46 bits per heavy atom. The molecule has 0 saturated heterocycles. The van der Waals surface area contributed by atoms with Gasteiger partial charge >= 0.3 is 0 Å². The van der Waals surface area contributed by atoms with Gasteiger partial charge in [0.15, 0.2) is 0 Å². The minimum Gasteiger partial charge on any atom is -0.329 e. The standard InChI is InChI=1S/C10H12N2S/c1-8(6-11)13-10-4-2-9(7-12)3-5-10/h2-5,8H,6,11H2,1H3. The molecule has 0 fully saturated rings. The summed E-state index contributed by atoms with van der Waals surface area (Å²) < 4.78 is 0. The van der Waals surface area contributed by atoms with Gasteiger partial charge in [0.05, 0.1) is 11.6 Å². The molecule has 2 nitrogen and oxygen atoms in total. The van der Waals surface area contributed by atoms with Crippen LogP contribution in [0, 0.1) is 11.3 Å². The molecule has 1 unspecified atom stereocenters. The molecule has 0 amide bonds. The molecule has 0 aliphatic rings. The molecule has 13 heavy (non-hydrogen) atoms. The Hall–Kier alpha value is -0.980. The van der Waals surface area contributed by atoms with Gasteiger partial charge in [-0.2, -0.15) is 5.26 Å². The number of nitrogens with two attached hydrogens (primary N) is 1. The zero-order valence-electron chi connectivity index (χ0n) is 7.53. The highest BCUT2D eigenvalue weighted by molar-refractivity contribution is 8.00. The monoisotopic (exact) mass is 192 g/mol. The van der Waals surface area contributed by atoms with E-state index in [0.717, 1.165) is 4.90 Å². The number of benzene rings is 1. The molecule has 1 aromatic carbocycles. The Kier molecular flexibility index (Phi) is 3.81. The normalized spacial score (nSPS) is 12.1. The van der Waals surface area contributed by atoms with E-state index in [1.54, 1.807) is 11.8 Å². The van der Waals surface area contributed by atoms with Gasteiger partial charge in [-0.1, -0.05) is 6.92 Å². The van der Waals surface area contributed by atoms with E-state index < -0.39 is 0 Å². The van der Waals surface area contributed by atoms with Crippen LogP contribution in [0.5, 0.6) is 0 Å². The minimum absolute atomic E-state index is 0.424. The van der Waals surface area contributed by atoms with E-state index in [9.17, 15) is 0 Å². The van der Waals surface area contributed by atoms with Gasteiger partial charge in [0.25, 0.3) is 0 Å². The van der Waals surface area contributed by atoms with E-state index in [2.05, 4.69) is 13.0 Å². The number of hydrogen-bond donors (Lipinski definition) is 1. The predicted octanol–water partition coefficient (Wildman–Crippen LogP) is 2.00. The second-order valence-corrected chi connectivity index (χ2v) is 4.31. The highest BCUT2D eigenvalue weighted by Gasteiger charge is 2.01. The van der Waals surface area contributed by atoms with Gasteiger partial charge in [0.2, 0.25) is 0 Å². The first kappa shape index (κ1) is 10.1. The average molecular weight is 192 g/mol. The number of thioether (sulfide) groups is 1. The lowest BCUT2D eigenvalue weighted by atomic mass is 10.2. The van der Waals surface area contributed by atoms with Crippen LogP contribution in [-0.2, 0) is 0 Å². The van der Waals surface area contributed by atoms with Crippen molar-refractivity contribution in [3.63, 3.8) is 0 Å². The summed E-state index contributed by atoms with van der Waals surface area (Å²) in [4.78, 5) is 1.16. The van der Waals surface area contributed by atoms with Crippen molar-refractivity contribution >= 4 is 11.8 Å². The zero-order chi connectivity index (χ0) is 9.68. The number of rotatable bonds is 3. The molecule has 0 aliphatic heterocycles. The van der Waals surface area contributed by atoms with Gasteiger partial charge in [-0.3, -0.25) is 0 Å². The molecule has 0 heterocycles. The Balaban J connectivity index is 2.65. The molecule has 0 bridgehead atoms. The van der Waals surface area contributed by atoms with Crippen LogP contribution in [-0.4, -0.2) is 11.8 Å². The fourth-order valence-electron chi connectivity index (χ4n) is 0.888. The summed E-state index contributed by atoms with van der Waals surface area (Å²) in [6.45, 7) is 2.76. The van der Waals surface area contributed by atoms with Crippen molar-refractivity contribution in [2.75, 3.05) is 6.54 Å². The summed E-state index contributed by atoms with van der Waals surface area (Å²) >= 11 is 1.73. The molecule has 0 aromatic heterocycles. The zero-order valence-corrected chi connectivity index (χ0v) is 8.34. The van der Waals surface area contributed by atoms with Crippen molar-refractivity contribution in [1.29, 1.82) is 5.26 Å². The maximum absolute atomic E-state index is 8.58. The summed E-state index contributed by atoms with van der Waals surface area (Å²) in [6.07, 6.45) is 0. The van der Waals surface area contributed by atoms with Gasteiger partial charge in [-0.25, -0.2) is 0 Å². The third kappa shape index (κ3) is 3.10. The van der Waals surface area contributed by atoms with Crippen molar-refractivity contribution in [2.45, 2.75) is 17.1 Å². The predicted molar refractivity (Wildman–Crippen MR) is 55.5 cm³/mol. The summed E-state index contributed by atoms with van der Waals surface area (Å²) in [5, 5.41) is 9.00. The van der Waals surface area contributed by atoms with Gasteiger partial charge in [0.1, 0.15) is 0 Å². The molecule has 0 saturated carbocycles. The van der Waals surface area contributed by atoms with Crippen LogP contribution in [0.2, 0.25) is 0 Å². The SMILES string of the molecule is CC(CN)Sc1ccc(C#N)cc1. The first-order valence-corrected chi connectivity index (χ1v) is 5.01. The Morgan fingerprint density at radius 3 is 2.54 bits per heavy atom. The first-order chi connectivity index (χ1) is 6.26. The Bertz CT molecular complexity index is 300. The first-order valence-electron chi connectivity index (χ1n) is 4.13. The van der Waals surface area contributed by atoms with Crippen molar-refractivity contribution in [3.8, 4) is 6.07 Å². The van der Waals surface area contributed by atoms with Crippen LogP contribution in [0.4, 0.5) is 0 Å². The van der Waals surface area contributed by atoms with Crippen LogP contribution in [0.3, 0.4) is 0 Å². The topological polar surface area (TPSA) is 49.8 Å². The Labute approximate surface area is 82.7 Å². The lowest BCUT2D eigenvalue weighted by molar-refractivity contribution is 0.951. The second-order valence-electron chi connectivity index (χ2n) is 2.80. The highest BCUT2D eigenvalue weighted by Crippen LogP contribution is 2.22. The van der Waals surface area contributed by atoms with Gasteiger partial charge < -0.3 is 5.73 Å². The van der Waals surface area contributed by atoms with Crippen molar-refractivity contribution < 1.29 is 0 Å². The molecule has 68 valence electrons. The fourth-order valence-corrected chi connectivity index (χ4v) is 1.74. The lowest BCUT2D eigenvalue weighted by Gasteiger charge is -2.07. The third-order valence-corrected chi connectivity index (χ3v) is 2.79. The van der Waals surface area contributed by atoms with Crippen molar-refractivity contribution in [2.24, 2.45) is 5.73 Å². The molecule has 2 N–H and O–H groups in total. The summed E-state index contributed by atoms with van der Waals surface area (Å²) in [6, 6.07) is 9.64. The maximum Gasteiger partial charge on any atom is 0.0991 e. The Morgan fingerprint density at radius 2 is 2.08 bits per heavy atom. The van der Waals surface area contributed by atoms with E-state index in [1.807, 2.05) is 24.3 Å². The molecule has 1 atom stereocenters. The summed E-state index contributed by atoms with van der Waals surface area (Å²) in [5.41, 5.74) is 6.20. The molecule has 1 rings (SSSR count). The van der Waals surface area contributed by atoms with E-state index in [1.165, 1.54) is 0 Å². The van der Waals surface area contributed by atoms with E-state index >= 15 is 0 Å². The minimum atomic E-state index is 0.424. The van der Waals surface area contributed by atoms with Crippen molar-refractivity contribution in [3.05, 3.63) is 29.8 Å². The molecule has 0 radical (unpaired) electrons. The van der Waals surface area contributed by atoms with Crippen LogP contribution >= 0.6 is 11.8 Å². The lowest BCUT2D eigenvalue weighted by Crippen LogP contribution is -2.12. The van der Waals surface area contributed by atoms with Gasteiger partial charge in [0, 0.05) is 16.7 Å². The number of nitrogens with zero attached hydrogens (tertiary/aromatic N) is 1. The van der Waals surface area contributed by atoms with E-state index in [4.69, 9.17) is 11.0 Å². The number of nitriles is 1.